The largest absolute Gasteiger partial charge is 0.374 e. The Morgan fingerprint density at radius 1 is 1.38 bits per heavy atom. The van der Waals surface area contributed by atoms with Crippen molar-refractivity contribution < 1.29 is 13.7 Å². The van der Waals surface area contributed by atoms with Crippen LogP contribution in [0.25, 0.3) is 0 Å². The predicted molar refractivity (Wildman–Crippen MR) is 82.3 cm³/mol. The fraction of sp³-hybridized carbons (Fsp3) is 0.562. The van der Waals surface area contributed by atoms with E-state index in [-0.39, 0.29) is 30.1 Å². The maximum atomic E-state index is 12.5. The number of carbonyl (C=O) groups excluding carboxylic acids is 1. The van der Waals surface area contributed by atoms with E-state index in [1.165, 1.54) is 0 Å². The molecule has 2 bridgehead atoms. The SMILES string of the molecule is C[S@](=O)C[C@H](NC(=O)[C@H]1C[C@H]2CC[C@H]1O2)c1ccccc1. The Hall–Kier alpha value is -1.20. The first-order chi connectivity index (χ1) is 10.1. The average molecular weight is 307 g/mol. The number of benzene rings is 1. The van der Waals surface area contributed by atoms with Gasteiger partial charge in [0.25, 0.3) is 0 Å². The van der Waals surface area contributed by atoms with Crippen LogP contribution in [0.5, 0.6) is 0 Å². The van der Waals surface area contributed by atoms with Gasteiger partial charge >= 0.3 is 0 Å². The van der Waals surface area contributed by atoms with Crippen LogP contribution in [0, 0.1) is 5.92 Å². The lowest BCUT2D eigenvalue weighted by Crippen LogP contribution is -2.39. The van der Waals surface area contributed by atoms with Gasteiger partial charge in [-0.15, -0.1) is 0 Å². The van der Waals surface area contributed by atoms with Crippen molar-refractivity contribution in [2.24, 2.45) is 5.92 Å². The maximum Gasteiger partial charge on any atom is 0.226 e. The van der Waals surface area contributed by atoms with Crippen LogP contribution in [-0.2, 0) is 20.3 Å². The van der Waals surface area contributed by atoms with E-state index in [1.54, 1.807) is 6.26 Å². The van der Waals surface area contributed by atoms with Crippen molar-refractivity contribution in [3.05, 3.63) is 35.9 Å². The Morgan fingerprint density at radius 3 is 2.71 bits per heavy atom. The number of nitrogens with one attached hydrogen (secondary N) is 1. The molecular weight excluding hydrogens is 286 g/mol. The highest BCUT2D eigenvalue weighted by Gasteiger charge is 2.44. The van der Waals surface area contributed by atoms with Crippen LogP contribution in [0.1, 0.15) is 30.9 Å². The van der Waals surface area contributed by atoms with E-state index < -0.39 is 10.8 Å². The predicted octanol–water partition coefficient (Wildman–Crippen LogP) is 1.79. The van der Waals surface area contributed by atoms with Gasteiger partial charge in [0, 0.05) is 22.8 Å². The molecule has 5 heteroatoms. The molecule has 3 rings (SSSR count). The van der Waals surface area contributed by atoms with Gasteiger partial charge < -0.3 is 10.1 Å². The fourth-order valence-electron chi connectivity index (χ4n) is 3.33. The Morgan fingerprint density at radius 2 is 2.14 bits per heavy atom. The summed E-state index contributed by atoms with van der Waals surface area (Å²) in [5.41, 5.74) is 1.00. The van der Waals surface area contributed by atoms with Crippen LogP contribution in [0.15, 0.2) is 30.3 Å². The molecule has 0 radical (unpaired) electrons. The van der Waals surface area contributed by atoms with Crippen molar-refractivity contribution in [3.8, 4) is 0 Å². The zero-order chi connectivity index (χ0) is 14.8. The summed E-state index contributed by atoms with van der Waals surface area (Å²) in [5.74, 6) is 0.444. The summed E-state index contributed by atoms with van der Waals surface area (Å²) < 4.78 is 17.3. The summed E-state index contributed by atoms with van der Waals surface area (Å²) in [6.07, 6.45) is 4.91. The zero-order valence-corrected chi connectivity index (χ0v) is 13.0. The smallest absolute Gasteiger partial charge is 0.226 e. The standard InChI is InChI=1S/C16H21NO3S/c1-21(19)10-14(11-5-3-2-4-6-11)17-16(18)13-9-12-7-8-15(13)20-12/h2-6,12-15H,7-10H2,1H3,(H,17,18)/t12-,13+,14+,15-,21+/m1/s1. The first-order valence-electron chi connectivity index (χ1n) is 7.44. The maximum absolute atomic E-state index is 12.5. The number of carbonyl (C=O) groups is 1. The van der Waals surface area contributed by atoms with Gasteiger partial charge in [-0.05, 0) is 24.8 Å². The lowest BCUT2D eigenvalue weighted by Gasteiger charge is -2.23. The number of hydrogen-bond donors (Lipinski definition) is 1. The third-order valence-electron chi connectivity index (χ3n) is 4.36. The first kappa shape index (κ1) is 14.7. The number of rotatable bonds is 5. The second-order valence-electron chi connectivity index (χ2n) is 5.93. The minimum atomic E-state index is -0.962. The van der Waals surface area contributed by atoms with Gasteiger partial charge in [0.2, 0.25) is 5.91 Å². The molecule has 0 unspecified atom stereocenters. The summed E-state index contributed by atoms with van der Waals surface area (Å²) >= 11 is 0. The fourth-order valence-corrected chi connectivity index (χ4v) is 4.08. The van der Waals surface area contributed by atoms with E-state index >= 15 is 0 Å². The number of hydrogen-bond acceptors (Lipinski definition) is 3. The van der Waals surface area contributed by atoms with Crippen LogP contribution < -0.4 is 5.32 Å². The molecule has 2 aliphatic heterocycles. The van der Waals surface area contributed by atoms with Gasteiger partial charge in [0.15, 0.2) is 0 Å². The second-order valence-corrected chi connectivity index (χ2v) is 7.41. The van der Waals surface area contributed by atoms with Gasteiger partial charge in [-0.2, -0.15) is 0 Å². The molecule has 4 nitrogen and oxygen atoms in total. The highest BCUT2D eigenvalue weighted by atomic mass is 32.2. The number of fused-ring (bicyclic) bond motifs is 2. The van der Waals surface area contributed by atoms with Crippen molar-refractivity contribution in [1.29, 1.82) is 0 Å². The Bertz CT molecular complexity index is 534. The Balaban J connectivity index is 1.69. The van der Waals surface area contributed by atoms with E-state index in [1.807, 2.05) is 30.3 Å². The van der Waals surface area contributed by atoms with Gasteiger partial charge in [-0.3, -0.25) is 9.00 Å². The van der Waals surface area contributed by atoms with Crippen molar-refractivity contribution in [2.45, 2.75) is 37.5 Å². The van der Waals surface area contributed by atoms with Crippen molar-refractivity contribution in [1.82, 2.24) is 5.32 Å². The third-order valence-corrected chi connectivity index (χ3v) is 5.17. The summed E-state index contributed by atoms with van der Waals surface area (Å²) in [7, 11) is -0.962. The molecule has 1 N–H and O–H groups in total. The summed E-state index contributed by atoms with van der Waals surface area (Å²) in [4.78, 5) is 12.5. The van der Waals surface area contributed by atoms with Crippen LogP contribution in [0.3, 0.4) is 0 Å². The molecule has 2 aliphatic rings. The lowest BCUT2D eigenvalue weighted by molar-refractivity contribution is -0.127. The first-order valence-corrected chi connectivity index (χ1v) is 9.17. The van der Waals surface area contributed by atoms with Crippen molar-refractivity contribution in [3.63, 3.8) is 0 Å². The van der Waals surface area contributed by atoms with Crippen molar-refractivity contribution >= 4 is 16.7 Å². The minimum Gasteiger partial charge on any atom is -0.374 e. The molecule has 114 valence electrons. The molecule has 21 heavy (non-hydrogen) atoms. The normalized spacial score (nSPS) is 30.0. The highest BCUT2D eigenvalue weighted by molar-refractivity contribution is 7.84. The lowest BCUT2D eigenvalue weighted by atomic mass is 9.88. The van der Waals surface area contributed by atoms with Crippen LogP contribution in [-0.4, -0.2) is 34.3 Å². The van der Waals surface area contributed by atoms with E-state index in [9.17, 15) is 9.00 Å². The van der Waals surface area contributed by atoms with Crippen LogP contribution in [0.2, 0.25) is 0 Å². The molecule has 5 atom stereocenters. The topological polar surface area (TPSA) is 55.4 Å². The molecule has 2 heterocycles. The average Bonchev–Trinajstić information content (AvgIpc) is 3.09. The molecule has 0 spiro atoms. The van der Waals surface area contributed by atoms with E-state index in [4.69, 9.17) is 4.74 Å². The van der Waals surface area contributed by atoms with Gasteiger partial charge in [-0.1, -0.05) is 30.3 Å². The van der Waals surface area contributed by atoms with Crippen LogP contribution in [0.4, 0.5) is 0 Å². The van der Waals surface area contributed by atoms with Gasteiger partial charge in [0.1, 0.15) is 0 Å². The number of amides is 1. The molecular formula is C16H21NO3S. The summed E-state index contributed by atoms with van der Waals surface area (Å²) in [6.45, 7) is 0. The Kier molecular flexibility index (Phi) is 4.40. The van der Waals surface area contributed by atoms with E-state index in [0.717, 1.165) is 24.8 Å². The molecule has 0 aliphatic carbocycles. The highest BCUT2D eigenvalue weighted by Crippen LogP contribution is 2.39. The molecule has 1 aromatic carbocycles. The summed E-state index contributed by atoms with van der Waals surface area (Å²) in [6, 6.07) is 9.56. The molecule has 1 amide bonds. The molecule has 2 saturated heterocycles. The van der Waals surface area contributed by atoms with Crippen molar-refractivity contribution in [2.75, 3.05) is 12.0 Å². The molecule has 1 aromatic rings. The van der Waals surface area contributed by atoms with E-state index in [0.29, 0.717) is 5.75 Å². The number of ether oxygens (including phenoxy) is 1. The molecule has 0 aromatic heterocycles. The zero-order valence-electron chi connectivity index (χ0n) is 12.2. The van der Waals surface area contributed by atoms with Gasteiger partial charge in [0.05, 0.1) is 24.2 Å². The molecule has 0 saturated carbocycles. The minimum absolute atomic E-state index is 0.0414. The summed E-state index contributed by atoms with van der Waals surface area (Å²) in [5, 5.41) is 3.08. The second kappa shape index (κ2) is 6.28. The quantitative estimate of drug-likeness (QED) is 0.902. The van der Waals surface area contributed by atoms with Gasteiger partial charge in [-0.25, -0.2) is 0 Å². The Labute approximate surface area is 127 Å². The van der Waals surface area contributed by atoms with Crippen LogP contribution >= 0.6 is 0 Å². The third kappa shape index (κ3) is 3.35. The van der Waals surface area contributed by atoms with E-state index in [2.05, 4.69) is 5.32 Å². The molecule has 2 fully saturated rings. The monoisotopic (exact) mass is 307 g/mol.